The number of rotatable bonds is 2. The molecule has 2 unspecified atom stereocenters. The van der Waals surface area contributed by atoms with Crippen LogP contribution >= 0.6 is 23.4 Å². The van der Waals surface area contributed by atoms with Gasteiger partial charge in [-0.05, 0) is 37.0 Å². The smallest absolute Gasteiger partial charge is 0.324 e. The maximum atomic E-state index is 12.8. The molecule has 3 rings (SSSR count). The maximum absolute atomic E-state index is 12.8. The van der Waals surface area contributed by atoms with Crippen molar-refractivity contribution in [2.24, 2.45) is 5.73 Å². The lowest BCUT2D eigenvalue weighted by Gasteiger charge is -2.27. The summed E-state index contributed by atoms with van der Waals surface area (Å²) in [5.41, 5.74) is 7.03. The molecule has 3 amide bonds. The SMILES string of the molecule is N#CC1=C(N)SC(C(=O)NC(=O)N2CCCCC2)C1c1cccc(Cl)c1. The molecule has 3 N–H and O–H groups in total. The van der Waals surface area contributed by atoms with Crippen molar-refractivity contribution in [2.45, 2.75) is 30.4 Å². The average molecular weight is 391 g/mol. The van der Waals surface area contributed by atoms with Crippen molar-refractivity contribution < 1.29 is 9.59 Å². The van der Waals surface area contributed by atoms with E-state index < -0.39 is 17.1 Å². The van der Waals surface area contributed by atoms with Gasteiger partial charge >= 0.3 is 6.03 Å². The Balaban J connectivity index is 1.80. The number of benzene rings is 1. The molecule has 26 heavy (non-hydrogen) atoms. The van der Waals surface area contributed by atoms with Crippen LogP contribution in [0.4, 0.5) is 4.79 Å². The number of nitrogens with two attached hydrogens (primary N) is 1. The fraction of sp³-hybridized carbons (Fsp3) is 0.389. The first-order valence-electron chi connectivity index (χ1n) is 8.43. The molecule has 136 valence electrons. The molecule has 0 aliphatic carbocycles. The maximum Gasteiger partial charge on any atom is 0.324 e. The predicted molar refractivity (Wildman–Crippen MR) is 101 cm³/mol. The molecule has 2 heterocycles. The van der Waals surface area contributed by atoms with Crippen LogP contribution in [-0.4, -0.2) is 35.2 Å². The predicted octanol–water partition coefficient (Wildman–Crippen LogP) is 2.95. The topological polar surface area (TPSA) is 99.2 Å². The number of piperidine rings is 1. The zero-order chi connectivity index (χ0) is 18.7. The molecule has 6 nitrogen and oxygen atoms in total. The number of carbonyl (C=O) groups excluding carboxylic acids is 2. The monoisotopic (exact) mass is 390 g/mol. The first-order valence-corrected chi connectivity index (χ1v) is 9.68. The van der Waals surface area contributed by atoms with Crippen LogP contribution in [0.1, 0.15) is 30.7 Å². The average Bonchev–Trinajstić information content (AvgIpc) is 2.99. The van der Waals surface area contributed by atoms with E-state index in [-0.39, 0.29) is 6.03 Å². The van der Waals surface area contributed by atoms with Crippen LogP contribution in [0.25, 0.3) is 0 Å². The van der Waals surface area contributed by atoms with Crippen molar-refractivity contribution in [3.63, 3.8) is 0 Å². The van der Waals surface area contributed by atoms with E-state index in [9.17, 15) is 14.9 Å². The molecular weight excluding hydrogens is 372 g/mol. The van der Waals surface area contributed by atoms with Crippen molar-refractivity contribution in [1.29, 1.82) is 5.26 Å². The van der Waals surface area contributed by atoms with Gasteiger partial charge in [0, 0.05) is 24.0 Å². The Morgan fingerprint density at radius 1 is 1.31 bits per heavy atom. The number of halogens is 1. The van der Waals surface area contributed by atoms with E-state index in [1.165, 1.54) is 0 Å². The number of amides is 3. The summed E-state index contributed by atoms with van der Waals surface area (Å²) in [5.74, 6) is -0.971. The Labute approximate surface area is 161 Å². The third kappa shape index (κ3) is 3.81. The Morgan fingerprint density at radius 2 is 2.04 bits per heavy atom. The van der Waals surface area contributed by atoms with Crippen molar-refractivity contribution in [3.8, 4) is 6.07 Å². The minimum atomic E-state index is -0.683. The molecule has 0 saturated carbocycles. The summed E-state index contributed by atoms with van der Waals surface area (Å²) >= 11 is 7.18. The molecule has 8 heteroatoms. The number of urea groups is 1. The number of likely N-dealkylation sites (tertiary alicyclic amines) is 1. The number of thioether (sulfide) groups is 1. The molecule has 1 aromatic carbocycles. The van der Waals surface area contributed by atoms with Crippen LogP contribution < -0.4 is 11.1 Å². The summed E-state index contributed by atoms with van der Waals surface area (Å²) in [6.07, 6.45) is 2.98. The molecule has 1 aromatic rings. The summed E-state index contributed by atoms with van der Waals surface area (Å²) in [4.78, 5) is 26.8. The number of allylic oxidation sites excluding steroid dienone is 1. The Hall–Kier alpha value is -2.17. The van der Waals surface area contributed by atoms with E-state index >= 15 is 0 Å². The van der Waals surface area contributed by atoms with Gasteiger partial charge in [0.1, 0.15) is 5.25 Å². The van der Waals surface area contributed by atoms with Crippen LogP contribution in [0.15, 0.2) is 34.9 Å². The molecule has 1 saturated heterocycles. The second-order valence-corrected chi connectivity index (χ2v) is 7.92. The van der Waals surface area contributed by atoms with Crippen LogP contribution in [0.2, 0.25) is 5.02 Å². The quantitative estimate of drug-likeness (QED) is 0.808. The first kappa shape index (κ1) is 18.6. The minimum absolute atomic E-state index is 0.308. The molecule has 0 bridgehead atoms. The highest BCUT2D eigenvalue weighted by Gasteiger charge is 2.41. The van der Waals surface area contributed by atoms with E-state index in [1.54, 1.807) is 29.2 Å². The second kappa shape index (κ2) is 8.02. The van der Waals surface area contributed by atoms with Gasteiger partial charge in [-0.25, -0.2) is 4.79 Å². The standard InChI is InChI=1S/C18H19ClN4O2S/c19-12-6-4-5-11(9-12)14-13(10-20)16(21)26-15(14)17(24)22-18(25)23-7-2-1-3-8-23/h4-6,9,14-15H,1-3,7-8,21H2,(H,22,24,25). The van der Waals surface area contributed by atoms with E-state index in [1.807, 2.05) is 0 Å². The van der Waals surface area contributed by atoms with Gasteiger partial charge in [0.05, 0.1) is 16.7 Å². The lowest BCUT2D eigenvalue weighted by Crippen LogP contribution is -2.48. The molecule has 0 spiro atoms. The van der Waals surface area contributed by atoms with Crippen molar-refractivity contribution >= 4 is 35.3 Å². The highest BCUT2D eigenvalue weighted by Crippen LogP contribution is 2.45. The molecule has 0 radical (unpaired) electrons. The molecular formula is C18H19ClN4O2S. The lowest BCUT2D eigenvalue weighted by molar-refractivity contribution is -0.119. The largest absolute Gasteiger partial charge is 0.393 e. The Bertz CT molecular complexity index is 799. The van der Waals surface area contributed by atoms with E-state index in [0.717, 1.165) is 36.6 Å². The summed E-state index contributed by atoms with van der Waals surface area (Å²) in [6, 6.07) is 8.72. The van der Waals surface area contributed by atoms with Crippen molar-refractivity contribution in [3.05, 3.63) is 45.5 Å². The number of nitrogens with zero attached hydrogens (tertiary/aromatic N) is 2. The van der Waals surface area contributed by atoms with Gasteiger partial charge in [-0.15, -0.1) is 0 Å². The van der Waals surface area contributed by atoms with Crippen LogP contribution in [0, 0.1) is 11.3 Å². The normalized spacial score (nSPS) is 22.8. The Kier molecular flexibility index (Phi) is 5.74. The van der Waals surface area contributed by atoms with E-state index in [2.05, 4.69) is 11.4 Å². The van der Waals surface area contributed by atoms with Gasteiger partial charge in [0.2, 0.25) is 5.91 Å². The number of carbonyl (C=O) groups is 2. The number of hydrogen-bond acceptors (Lipinski definition) is 5. The molecule has 2 aliphatic rings. The highest BCUT2D eigenvalue weighted by atomic mass is 35.5. The Morgan fingerprint density at radius 3 is 2.69 bits per heavy atom. The van der Waals surface area contributed by atoms with Gasteiger partial charge in [0.25, 0.3) is 0 Å². The zero-order valence-corrected chi connectivity index (χ0v) is 15.6. The molecule has 2 aliphatic heterocycles. The minimum Gasteiger partial charge on any atom is -0.393 e. The summed E-state index contributed by atoms with van der Waals surface area (Å²) in [5, 5.41) is 12.1. The fourth-order valence-electron chi connectivity index (χ4n) is 3.30. The van der Waals surface area contributed by atoms with E-state index in [4.69, 9.17) is 17.3 Å². The van der Waals surface area contributed by atoms with E-state index in [0.29, 0.717) is 28.7 Å². The summed E-state index contributed by atoms with van der Waals surface area (Å²) < 4.78 is 0. The van der Waals surface area contributed by atoms with Gasteiger partial charge in [-0.1, -0.05) is 35.5 Å². The summed E-state index contributed by atoms with van der Waals surface area (Å²) in [7, 11) is 0. The number of nitrogens with one attached hydrogen (secondary N) is 1. The third-order valence-electron chi connectivity index (χ3n) is 4.59. The van der Waals surface area contributed by atoms with Crippen molar-refractivity contribution in [1.82, 2.24) is 10.2 Å². The third-order valence-corrected chi connectivity index (χ3v) is 6.04. The van der Waals surface area contributed by atoms with Gasteiger partial charge < -0.3 is 10.6 Å². The lowest BCUT2D eigenvalue weighted by atomic mass is 9.89. The summed E-state index contributed by atoms with van der Waals surface area (Å²) in [6.45, 7) is 1.30. The van der Waals surface area contributed by atoms with Crippen LogP contribution in [-0.2, 0) is 4.79 Å². The number of hydrogen-bond donors (Lipinski definition) is 2. The van der Waals surface area contributed by atoms with Gasteiger partial charge in [0.15, 0.2) is 0 Å². The molecule has 0 aromatic heterocycles. The molecule has 1 fully saturated rings. The number of imide groups is 1. The van der Waals surface area contributed by atoms with Crippen molar-refractivity contribution in [2.75, 3.05) is 13.1 Å². The van der Waals surface area contributed by atoms with Crippen LogP contribution in [0.5, 0.6) is 0 Å². The molecule has 2 atom stereocenters. The zero-order valence-electron chi connectivity index (χ0n) is 14.1. The fourth-order valence-corrected chi connectivity index (χ4v) is 4.66. The van der Waals surface area contributed by atoms with Gasteiger partial charge in [-0.2, -0.15) is 5.26 Å². The second-order valence-electron chi connectivity index (χ2n) is 6.30. The first-order chi connectivity index (χ1) is 12.5. The van der Waals surface area contributed by atoms with Gasteiger partial charge in [-0.3, -0.25) is 10.1 Å². The van der Waals surface area contributed by atoms with Crippen LogP contribution in [0.3, 0.4) is 0 Å². The number of nitriles is 1. The highest BCUT2D eigenvalue weighted by molar-refractivity contribution is 8.04.